The summed E-state index contributed by atoms with van der Waals surface area (Å²) in [6.07, 6.45) is 1.56. The molecule has 0 amide bonds. The van der Waals surface area contributed by atoms with Crippen molar-refractivity contribution in [2.75, 3.05) is 0 Å². The third kappa shape index (κ3) is 1.66. The van der Waals surface area contributed by atoms with Gasteiger partial charge >= 0.3 is 11.9 Å². The molecule has 4 rings (SSSR count). The van der Waals surface area contributed by atoms with Gasteiger partial charge in [0, 0.05) is 11.3 Å². The van der Waals surface area contributed by atoms with Crippen molar-refractivity contribution in [3.05, 3.63) is 42.0 Å². The summed E-state index contributed by atoms with van der Waals surface area (Å²) in [5.41, 5.74) is -1.15. The molecule has 0 bridgehead atoms. The number of aryl methyl sites for hydroxylation is 1. The highest BCUT2D eigenvalue weighted by Gasteiger charge is 2.75. The summed E-state index contributed by atoms with van der Waals surface area (Å²) in [5, 5.41) is 0. The number of Topliss-reactive ketones (excluding diaryl/α,β-unsaturated/α-hetero) is 1. The molecule has 1 saturated carbocycles. The molecule has 0 N–H and O–H groups in total. The van der Waals surface area contributed by atoms with E-state index in [4.69, 9.17) is 9.47 Å². The molecule has 0 radical (unpaired) electrons. The molecule has 2 aliphatic heterocycles. The molecule has 2 fully saturated rings. The lowest BCUT2D eigenvalue weighted by Crippen LogP contribution is -2.57. The summed E-state index contributed by atoms with van der Waals surface area (Å²) >= 11 is 0. The Hall–Kier alpha value is -2.43. The van der Waals surface area contributed by atoms with Gasteiger partial charge in [0.15, 0.2) is 5.78 Å². The van der Waals surface area contributed by atoms with Gasteiger partial charge in [-0.1, -0.05) is 32.1 Å². The number of ether oxygens (including phenoxy) is 2. The maximum Gasteiger partial charge on any atom is 0.326 e. The van der Waals surface area contributed by atoms with Crippen molar-refractivity contribution in [3.8, 4) is 5.75 Å². The molecule has 0 aromatic heterocycles. The minimum atomic E-state index is -1.48. The highest BCUT2D eigenvalue weighted by atomic mass is 16.6. The summed E-state index contributed by atoms with van der Waals surface area (Å²) in [5.74, 6) is -2.05. The monoisotopic (exact) mass is 340 g/mol. The quantitative estimate of drug-likeness (QED) is 0.340. The molecular formula is C20H20O5. The Morgan fingerprint density at radius 1 is 1.28 bits per heavy atom. The second-order valence-corrected chi connectivity index (χ2v) is 7.59. The average molecular weight is 340 g/mol. The van der Waals surface area contributed by atoms with Crippen LogP contribution in [0.25, 0.3) is 0 Å². The van der Waals surface area contributed by atoms with Gasteiger partial charge in [0.1, 0.15) is 17.3 Å². The summed E-state index contributed by atoms with van der Waals surface area (Å²) in [7, 11) is 0. The zero-order valence-electron chi connectivity index (χ0n) is 14.5. The van der Waals surface area contributed by atoms with E-state index in [1.807, 2.05) is 19.9 Å². The van der Waals surface area contributed by atoms with Crippen molar-refractivity contribution in [2.45, 2.75) is 33.3 Å². The Bertz CT molecular complexity index is 840. The fourth-order valence-corrected chi connectivity index (χ4v) is 5.09. The first kappa shape index (κ1) is 16.1. The molecule has 3 aliphatic rings. The molecule has 1 spiro atoms. The van der Waals surface area contributed by atoms with Gasteiger partial charge in [-0.15, -0.1) is 6.58 Å². The van der Waals surface area contributed by atoms with Crippen molar-refractivity contribution in [2.24, 2.45) is 22.7 Å². The molecule has 5 atom stereocenters. The predicted molar refractivity (Wildman–Crippen MR) is 89.0 cm³/mol. The molecule has 1 aliphatic carbocycles. The van der Waals surface area contributed by atoms with E-state index in [2.05, 4.69) is 6.58 Å². The smallest absolute Gasteiger partial charge is 0.326 e. The van der Waals surface area contributed by atoms with E-state index in [0.717, 1.165) is 5.56 Å². The van der Waals surface area contributed by atoms with Gasteiger partial charge < -0.3 is 9.47 Å². The summed E-state index contributed by atoms with van der Waals surface area (Å²) in [6.45, 7) is 9.26. The number of esters is 2. The van der Waals surface area contributed by atoms with Crippen LogP contribution in [-0.2, 0) is 14.3 Å². The standard InChI is InChI=1S/C20H20O5/c1-5-19(4)9-13-15(11(3)17(22)24-13)20(19)16(21)14-10(2)7-6-8-12(14)25-18(20)23/h5-8,11,13,15H,1,9H2,2-4H3. The summed E-state index contributed by atoms with van der Waals surface area (Å²) < 4.78 is 11.1. The lowest BCUT2D eigenvalue weighted by molar-refractivity contribution is -0.151. The van der Waals surface area contributed by atoms with Crippen LogP contribution in [-0.4, -0.2) is 23.8 Å². The van der Waals surface area contributed by atoms with E-state index < -0.39 is 34.7 Å². The molecule has 1 aromatic rings. The Morgan fingerprint density at radius 3 is 2.68 bits per heavy atom. The van der Waals surface area contributed by atoms with E-state index in [1.165, 1.54) is 0 Å². The van der Waals surface area contributed by atoms with Gasteiger partial charge in [0.2, 0.25) is 0 Å². The zero-order valence-corrected chi connectivity index (χ0v) is 14.5. The highest BCUT2D eigenvalue weighted by Crippen LogP contribution is 2.65. The lowest BCUT2D eigenvalue weighted by atomic mass is 9.56. The summed E-state index contributed by atoms with van der Waals surface area (Å²) in [4.78, 5) is 39.1. The topological polar surface area (TPSA) is 69.7 Å². The molecule has 5 unspecified atom stereocenters. The number of hydrogen-bond acceptors (Lipinski definition) is 5. The second kappa shape index (κ2) is 4.81. The maximum atomic E-state index is 13.7. The van der Waals surface area contributed by atoms with Crippen LogP contribution >= 0.6 is 0 Å². The first-order valence-corrected chi connectivity index (χ1v) is 8.48. The van der Waals surface area contributed by atoms with E-state index in [1.54, 1.807) is 25.1 Å². The first-order chi connectivity index (χ1) is 11.8. The molecule has 5 heteroatoms. The van der Waals surface area contributed by atoms with Crippen molar-refractivity contribution >= 4 is 17.7 Å². The van der Waals surface area contributed by atoms with E-state index >= 15 is 0 Å². The van der Waals surface area contributed by atoms with Crippen molar-refractivity contribution < 1.29 is 23.9 Å². The van der Waals surface area contributed by atoms with Crippen molar-refractivity contribution in [1.82, 2.24) is 0 Å². The van der Waals surface area contributed by atoms with Crippen molar-refractivity contribution in [3.63, 3.8) is 0 Å². The van der Waals surface area contributed by atoms with E-state index in [-0.39, 0.29) is 17.5 Å². The lowest BCUT2D eigenvalue weighted by Gasteiger charge is -2.44. The van der Waals surface area contributed by atoms with Crippen LogP contribution < -0.4 is 4.74 Å². The van der Waals surface area contributed by atoms with Crippen LogP contribution in [0.15, 0.2) is 30.9 Å². The Balaban J connectivity index is 2.01. The summed E-state index contributed by atoms with van der Waals surface area (Å²) in [6, 6.07) is 5.20. The molecule has 5 nitrogen and oxygen atoms in total. The minimum absolute atomic E-state index is 0.281. The fraction of sp³-hybridized carbons (Fsp3) is 0.450. The van der Waals surface area contributed by atoms with Gasteiger partial charge in [-0.25, -0.2) is 0 Å². The highest BCUT2D eigenvalue weighted by molar-refractivity contribution is 6.19. The third-order valence-electron chi connectivity index (χ3n) is 6.40. The number of fused-ring (bicyclic) bond motifs is 3. The first-order valence-electron chi connectivity index (χ1n) is 8.48. The van der Waals surface area contributed by atoms with E-state index in [9.17, 15) is 14.4 Å². The molecular weight excluding hydrogens is 320 g/mol. The number of allylic oxidation sites excluding steroid dienone is 1. The number of hydrogen-bond donors (Lipinski definition) is 0. The number of rotatable bonds is 1. The molecule has 2 heterocycles. The number of ketones is 1. The van der Waals surface area contributed by atoms with Crippen molar-refractivity contribution in [1.29, 1.82) is 0 Å². The number of benzene rings is 1. The van der Waals surface area contributed by atoms with Gasteiger partial charge in [0.05, 0.1) is 11.5 Å². The third-order valence-corrected chi connectivity index (χ3v) is 6.40. The number of carbonyl (C=O) groups is 3. The Morgan fingerprint density at radius 2 is 2.00 bits per heavy atom. The second-order valence-electron chi connectivity index (χ2n) is 7.59. The zero-order chi connectivity index (χ0) is 18.1. The normalized spacial score (nSPS) is 39.0. The van der Waals surface area contributed by atoms with Crippen LogP contribution in [0.2, 0.25) is 0 Å². The van der Waals surface area contributed by atoms with Crippen LogP contribution in [0, 0.1) is 29.6 Å². The van der Waals surface area contributed by atoms with Gasteiger partial charge in [-0.3, -0.25) is 14.4 Å². The van der Waals surface area contributed by atoms with E-state index in [0.29, 0.717) is 12.0 Å². The fourth-order valence-electron chi connectivity index (χ4n) is 5.09. The van der Waals surface area contributed by atoms with Gasteiger partial charge in [-0.2, -0.15) is 0 Å². The Kier molecular flexibility index (Phi) is 3.09. The van der Waals surface area contributed by atoms with Crippen LogP contribution in [0.4, 0.5) is 0 Å². The largest absolute Gasteiger partial charge is 0.462 e. The molecule has 1 aromatic carbocycles. The minimum Gasteiger partial charge on any atom is -0.462 e. The average Bonchev–Trinajstić information content (AvgIpc) is 2.97. The number of carbonyl (C=O) groups excluding carboxylic acids is 3. The molecule has 25 heavy (non-hydrogen) atoms. The molecule has 1 saturated heterocycles. The van der Waals surface area contributed by atoms with Gasteiger partial charge in [-0.05, 0) is 25.0 Å². The Labute approximate surface area is 146 Å². The van der Waals surface area contributed by atoms with Crippen LogP contribution in [0.1, 0.15) is 36.2 Å². The van der Waals surface area contributed by atoms with Crippen LogP contribution in [0.5, 0.6) is 5.75 Å². The maximum absolute atomic E-state index is 13.7. The molecule has 130 valence electrons. The van der Waals surface area contributed by atoms with Crippen LogP contribution in [0.3, 0.4) is 0 Å². The predicted octanol–water partition coefficient (Wildman–Crippen LogP) is 2.86. The van der Waals surface area contributed by atoms with Gasteiger partial charge in [0.25, 0.3) is 0 Å². The SMILES string of the molecule is C=CC1(C)CC2OC(=O)C(C)C2C12C(=O)Oc1cccc(C)c1C2=O.